The van der Waals surface area contributed by atoms with Crippen molar-refractivity contribution in [1.82, 2.24) is 0 Å². The van der Waals surface area contributed by atoms with Gasteiger partial charge in [-0.1, -0.05) is 215 Å². The van der Waals surface area contributed by atoms with Crippen LogP contribution in [0.2, 0.25) is 0 Å². The number of allylic oxidation sites excluding steroid dienone is 14. The van der Waals surface area contributed by atoms with Crippen LogP contribution in [0.5, 0.6) is 0 Å². The van der Waals surface area contributed by atoms with Gasteiger partial charge in [-0.2, -0.15) is 0 Å². The minimum absolute atomic E-state index is 0.107. The highest BCUT2D eigenvalue weighted by Gasteiger charge is 2.19. The summed E-state index contributed by atoms with van der Waals surface area (Å²) in [6.07, 6.45) is 70.0. The van der Waals surface area contributed by atoms with Crippen molar-refractivity contribution in [2.75, 3.05) is 13.2 Å². The van der Waals surface area contributed by atoms with Crippen molar-refractivity contribution in [2.45, 2.75) is 264 Å². The minimum atomic E-state index is -0.814. The third-order valence-corrected chi connectivity index (χ3v) is 11.6. The number of unbranched alkanes of at least 4 members (excludes halogenated alkanes) is 25. The second-order valence-corrected chi connectivity index (χ2v) is 18.2. The summed E-state index contributed by atoms with van der Waals surface area (Å²) in [5.74, 6) is -0.994. The smallest absolute Gasteiger partial charge is 0.306 e. The highest BCUT2D eigenvalue weighted by molar-refractivity contribution is 5.71. The molecule has 0 aromatic carbocycles. The molecule has 0 heterocycles. The molecule has 1 unspecified atom stereocenters. The topological polar surface area (TPSA) is 78.9 Å². The first kappa shape index (κ1) is 62.6. The summed E-state index contributed by atoms with van der Waals surface area (Å²) in [5, 5.41) is 0. The quantitative estimate of drug-likeness (QED) is 0.0199. The van der Waals surface area contributed by atoms with E-state index in [4.69, 9.17) is 14.2 Å². The zero-order valence-corrected chi connectivity index (χ0v) is 43.2. The molecule has 0 bridgehead atoms. The van der Waals surface area contributed by atoms with E-state index in [-0.39, 0.29) is 44.0 Å². The average molecular weight is 919 g/mol. The molecule has 0 aromatic heterocycles. The van der Waals surface area contributed by atoms with Gasteiger partial charge in [0, 0.05) is 19.3 Å². The number of carbonyl (C=O) groups excluding carboxylic acids is 3. The Hall–Kier alpha value is -3.41. The van der Waals surface area contributed by atoms with E-state index in [1.807, 2.05) is 0 Å². The maximum atomic E-state index is 12.8. The first-order valence-electron chi connectivity index (χ1n) is 27.6. The molecule has 378 valence electrons. The van der Waals surface area contributed by atoms with Crippen LogP contribution >= 0.6 is 0 Å². The van der Waals surface area contributed by atoms with E-state index in [1.54, 1.807) is 0 Å². The van der Waals surface area contributed by atoms with Gasteiger partial charge < -0.3 is 14.2 Å². The van der Waals surface area contributed by atoms with Crippen LogP contribution in [0, 0.1) is 0 Å². The molecule has 0 saturated carbocycles. The van der Waals surface area contributed by atoms with Crippen LogP contribution in [0.25, 0.3) is 0 Å². The zero-order chi connectivity index (χ0) is 47.9. The van der Waals surface area contributed by atoms with Crippen molar-refractivity contribution in [3.8, 4) is 0 Å². The fourth-order valence-electron chi connectivity index (χ4n) is 7.42. The highest BCUT2D eigenvalue weighted by atomic mass is 16.6. The summed E-state index contributed by atoms with van der Waals surface area (Å²) < 4.78 is 16.8. The molecule has 6 nitrogen and oxygen atoms in total. The van der Waals surface area contributed by atoms with E-state index in [0.717, 1.165) is 77.0 Å². The second kappa shape index (κ2) is 54.2. The van der Waals surface area contributed by atoms with Gasteiger partial charge in [0.2, 0.25) is 0 Å². The molecule has 0 spiro atoms. The largest absolute Gasteiger partial charge is 0.462 e. The van der Waals surface area contributed by atoms with Crippen molar-refractivity contribution in [3.63, 3.8) is 0 Å². The Balaban J connectivity index is 4.52. The predicted octanol–water partition coefficient (Wildman–Crippen LogP) is 18.4. The van der Waals surface area contributed by atoms with Gasteiger partial charge in [-0.25, -0.2) is 0 Å². The molecule has 0 fully saturated rings. The lowest BCUT2D eigenvalue weighted by atomic mass is 10.1. The first-order chi connectivity index (χ1) is 32.5. The Kier molecular flexibility index (Phi) is 51.4. The summed E-state index contributed by atoms with van der Waals surface area (Å²) in [6.45, 7) is 6.52. The molecule has 0 saturated heterocycles. The minimum Gasteiger partial charge on any atom is -0.462 e. The van der Waals surface area contributed by atoms with Gasteiger partial charge in [0.1, 0.15) is 13.2 Å². The third kappa shape index (κ3) is 51.6. The van der Waals surface area contributed by atoms with E-state index < -0.39 is 6.10 Å². The van der Waals surface area contributed by atoms with Gasteiger partial charge in [0.15, 0.2) is 6.10 Å². The Labute approximate surface area is 407 Å². The number of rotatable bonds is 49. The van der Waals surface area contributed by atoms with Crippen molar-refractivity contribution < 1.29 is 28.6 Å². The molecule has 0 amide bonds. The van der Waals surface area contributed by atoms with Gasteiger partial charge in [-0.3, -0.25) is 14.4 Å². The van der Waals surface area contributed by atoms with Crippen molar-refractivity contribution in [3.05, 3.63) is 85.1 Å². The normalized spacial score (nSPS) is 12.7. The molecule has 0 N–H and O–H groups in total. The molecular formula is C60H102O6. The summed E-state index contributed by atoms with van der Waals surface area (Å²) in [5.41, 5.74) is 0. The van der Waals surface area contributed by atoms with Crippen molar-refractivity contribution in [1.29, 1.82) is 0 Å². The van der Waals surface area contributed by atoms with Gasteiger partial charge in [-0.05, 0) is 109 Å². The fraction of sp³-hybridized carbons (Fsp3) is 0.717. The van der Waals surface area contributed by atoms with E-state index in [1.165, 1.54) is 135 Å². The SMILES string of the molecule is CCCCC/C=C\C/C=C\C/C=C\C/C=C\CCCC(=O)OCC(COC(=O)CCCCCCCCC/C=C\CCCCCC)OC(=O)CCCCC/C=C\C=C/CCCCCCCCC. The molecule has 0 aliphatic rings. The molecule has 1 atom stereocenters. The Morgan fingerprint density at radius 2 is 0.606 bits per heavy atom. The van der Waals surface area contributed by atoms with Gasteiger partial charge in [0.05, 0.1) is 0 Å². The summed E-state index contributed by atoms with van der Waals surface area (Å²) in [6, 6.07) is 0. The van der Waals surface area contributed by atoms with Crippen LogP contribution in [0.4, 0.5) is 0 Å². The lowest BCUT2D eigenvalue weighted by Gasteiger charge is -2.18. The number of hydrogen-bond acceptors (Lipinski definition) is 6. The highest BCUT2D eigenvalue weighted by Crippen LogP contribution is 2.13. The van der Waals surface area contributed by atoms with Crippen LogP contribution < -0.4 is 0 Å². The number of hydrogen-bond donors (Lipinski definition) is 0. The molecular weight excluding hydrogens is 817 g/mol. The molecule has 0 rings (SSSR count). The monoisotopic (exact) mass is 919 g/mol. The van der Waals surface area contributed by atoms with Crippen LogP contribution in [-0.2, 0) is 28.6 Å². The Morgan fingerprint density at radius 1 is 0.318 bits per heavy atom. The molecule has 66 heavy (non-hydrogen) atoms. The molecule has 6 heteroatoms. The fourth-order valence-corrected chi connectivity index (χ4v) is 7.42. The zero-order valence-electron chi connectivity index (χ0n) is 43.2. The maximum absolute atomic E-state index is 12.8. The molecule has 0 aliphatic heterocycles. The van der Waals surface area contributed by atoms with Crippen LogP contribution in [-0.4, -0.2) is 37.2 Å². The Bertz CT molecular complexity index is 1290. The van der Waals surface area contributed by atoms with Crippen molar-refractivity contribution >= 4 is 17.9 Å². The number of esters is 3. The van der Waals surface area contributed by atoms with Gasteiger partial charge in [0.25, 0.3) is 0 Å². The van der Waals surface area contributed by atoms with Crippen LogP contribution in [0.1, 0.15) is 258 Å². The van der Waals surface area contributed by atoms with E-state index in [2.05, 4.69) is 106 Å². The maximum Gasteiger partial charge on any atom is 0.306 e. The lowest BCUT2D eigenvalue weighted by molar-refractivity contribution is -0.167. The number of ether oxygens (including phenoxy) is 3. The third-order valence-electron chi connectivity index (χ3n) is 11.6. The van der Waals surface area contributed by atoms with E-state index >= 15 is 0 Å². The van der Waals surface area contributed by atoms with Crippen LogP contribution in [0.15, 0.2) is 85.1 Å². The van der Waals surface area contributed by atoms with Crippen LogP contribution in [0.3, 0.4) is 0 Å². The van der Waals surface area contributed by atoms with Gasteiger partial charge in [-0.15, -0.1) is 0 Å². The standard InChI is InChI=1S/C60H102O6/c1-4-7-10-13-16-19-22-25-28-30-33-35-38-41-44-47-50-53-59(62)65-56-57(55-64-58(61)52-49-46-43-40-37-34-31-27-24-21-18-15-12-9-6-3)66-60(63)54-51-48-45-42-39-36-32-29-26-23-20-17-14-11-8-5-2/h16,19,21,24-25,28-29,32-33,35-36,39,41,44,57H,4-15,17-18,20,22-23,26-27,30-31,34,37-38,40,42-43,45-56H2,1-3H3/b19-16-,24-21-,28-25-,32-29-,35-33-,39-36-,44-41-. The summed E-state index contributed by atoms with van der Waals surface area (Å²) >= 11 is 0. The Morgan fingerprint density at radius 3 is 1.08 bits per heavy atom. The second-order valence-electron chi connectivity index (χ2n) is 18.2. The van der Waals surface area contributed by atoms with E-state index in [0.29, 0.717) is 12.8 Å². The van der Waals surface area contributed by atoms with Gasteiger partial charge >= 0.3 is 17.9 Å². The van der Waals surface area contributed by atoms with Crippen molar-refractivity contribution in [2.24, 2.45) is 0 Å². The lowest BCUT2D eigenvalue weighted by Crippen LogP contribution is -2.30. The first-order valence-corrected chi connectivity index (χ1v) is 27.6. The molecule has 0 radical (unpaired) electrons. The van der Waals surface area contributed by atoms with E-state index in [9.17, 15) is 14.4 Å². The summed E-state index contributed by atoms with van der Waals surface area (Å²) in [4.78, 5) is 38.1. The average Bonchev–Trinajstić information content (AvgIpc) is 3.31. The molecule has 0 aliphatic carbocycles. The summed E-state index contributed by atoms with van der Waals surface area (Å²) in [7, 11) is 0. The predicted molar refractivity (Wildman–Crippen MR) is 284 cm³/mol. The molecule has 0 aromatic rings. The number of carbonyl (C=O) groups is 3.